The molecule has 9 heteroatoms. The summed E-state index contributed by atoms with van der Waals surface area (Å²) in [5, 5.41) is 9.87. The number of methoxy groups -OCH3 is 1. The second kappa shape index (κ2) is 8.36. The SMILES string of the molecule is COC(=O)c1cc(OC[C@H]2CN(C(=O)O)CCO2)cc(-c2ncc(C)s2)c1. The molecule has 27 heavy (non-hydrogen) atoms. The highest BCUT2D eigenvalue weighted by molar-refractivity contribution is 7.14. The third-order valence-electron chi connectivity index (χ3n) is 4.04. The number of nitrogens with zero attached hydrogens (tertiary/aromatic N) is 2. The number of morpholine rings is 1. The zero-order valence-corrected chi connectivity index (χ0v) is 15.8. The van der Waals surface area contributed by atoms with Crippen molar-refractivity contribution in [2.24, 2.45) is 0 Å². The van der Waals surface area contributed by atoms with Crippen LogP contribution in [0.25, 0.3) is 10.6 Å². The van der Waals surface area contributed by atoms with Gasteiger partial charge in [-0.25, -0.2) is 14.6 Å². The van der Waals surface area contributed by atoms with Crippen LogP contribution in [-0.4, -0.2) is 66.6 Å². The first-order valence-electron chi connectivity index (χ1n) is 8.34. The molecule has 1 aromatic heterocycles. The van der Waals surface area contributed by atoms with E-state index in [0.29, 0.717) is 24.5 Å². The summed E-state index contributed by atoms with van der Waals surface area (Å²) in [6.07, 6.45) is 0.418. The number of carbonyl (C=O) groups excluding carboxylic acids is 1. The Morgan fingerprint density at radius 1 is 1.41 bits per heavy atom. The number of carboxylic acid groups (broad SMARTS) is 1. The fourth-order valence-electron chi connectivity index (χ4n) is 2.71. The second-order valence-electron chi connectivity index (χ2n) is 6.05. The predicted octanol–water partition coefficient (Wildman–Crippen LogP) is 2.66. The molecule has 144 valence electrons. The number of thiazole rings is 1. The molecule has 1 aliphatic rings. The van der Waals surface area contributed by atoms with Crippen LogP contribution in [0.3, 0.4) is 0 Å². The summed E-state index contributed by atoms with van der Waals surface area (Å²) in [5.74, 6) is -0.00208. The van der Waals surface area contributed by atoms with E-state index in [1.165, 1.54) is 23.3 Å². The quantitative estimate of drug-likeness (QED) is 0.781. The zero-order valence-electron chi connectivity index (χ0n) is 15.0. The number of rotatable bonds is 5. The molecule has 1 N–H and O–H groups in total. The van der Waals surface area contributed by atoms with E-state index in [-0.39, 0.29) is 19.3 Å². The Balaban J connectivity index is 1.77. The van der Waals surface area contributed by atoms with Crippen molar-refractivity contribution in [2.75, 3.05) is 33.4 Å². The van der Waals surface area contributed by atoms with Crippen molar-refractivity contribution >= 4 is 23.4 Å². The average Bonchev–Trinajstić information content (AvgIpc) is 3.12. The summed E-state index contributed by atoms with van der Waals surface area (Å²) in [5.41, 5.74) is 1.11. The number of aryl methyl sites for hydroxylation is 1. The number of aromatic nitrogens is 1. The van der Waals surface area contributed by atoms with Crippen molar-refractivity contribution in [2.45, 2.75) is 13.0 Å². The van der Waals surface area contributed by atoms with Gasteiger partial charge in [0.25, 0.3) is 0 Å². The Morgan fingerprint density at radius 2 is 2.22 bits per heavy atom. The van der Waals surface area contributed by atoms with Gasteiger partial charge >= 0.3 is 12.1 Å². The molecule has 0 unspecified atom stereocenters. The monoisotopic (exact) mass is 392 g/mol. The van der Waals surface area contributed by atoms with Crippen LogP contribution in [0.2, 0.25) is 0 Å². The summed E-state index contributed by atoms with van der Waals surface area (Å²) in [7, 11) is 1.32. The standard InChI is InChI=1S/C18H20N2O6S/c1-11-8-19-16(27-11)12-5-13(17(21)24-2)7-14(6-12)26-10-15-9-20(18(22)23)3-4-25-15/h5-8,15H,3-4,9-10H2,1-2H3,(H,22,23)/t15-/m1/s1. The van der Waals surface area contributed by atoms with Gasteiger partial charge in [0.2, 0.25) is 0 Å². The van der Waals surface area contributed by atoms with Crippen molar-refractivity contribution in [1.82, 2.24) is 9.88 Å². The van der Waals surface area contributed by atoms with Crippen molar-refractivity contribution in [3.8, 4) is 16.3 Å². The lowest BCUT2D eigenvalue weighted by Gasteiger charge is -2.30. The molecule has 0 radical (unpaired) electrons. The number of hydrogen-bond donors (Lipinski definition) is 1. The molecule has 0 spiro atoms. The topological polar surface area (TPSA) is 98.2 Å². The largest absolute Gasteiger partial charge is 0.491 e. The molecule has 2 aromatic rings. The number of amides is 1. The van der Waals surface area contributed by atoms with Crippen LogP contribution in [-0.2, 0) is 9.47 Å². The van der Waals surface area contributed by atoms with E-state index >= 15 is 0 Å². The molecule has 0 saturated carbocycles. The van der Waals surface area contributed by atoms with Crippen LogP contribution < -0.4 is 4.74 Å². The Hall–Kier alpha value is -2.65. The molecule has 1 fully saturated rings. The third-order valence-corrected chi connectivity index (χ3v) is 5.00. The lowest BCUT2D eigenvalue weighted by atomic mass is 10.1. The van der Waals surface area contributed by atoms with Crippen molar-refractivity contribution in [1.29, 1.82) is 0 Å². The Bertz CT molecular complexity index is 837. The number of hydrogen-bond acceptors (Lipinski definition) is 7. The van der Waals surface area contributed by atoms with E-state index in [1.807, 2.05) is 6.92 Å². The van der Waals surface area contributed by atoms with E-state index in [4.69, 9.17) is 19.3 Å². The molecular weight excluding hydrogens is 372 g/mol. The molecular formula is C18H20N2O6S. The smallest absolute Gasteiger partial charge is 0.407 e. The van der Waals surface area contributed by atoms with Crippen molar-refractivity contribution in [3.05, 3.63) is 34.8 Å². The lowest BCUT2D eigenvalue weighted by molar-refractivity contribution is -0.0412. The van der Waals surface area contributed by atoms with Gasteiger partial charge in [-0.3, -0.25) is 0 Å². The minimum Gasteiger partial charge on any atom is -0.491 e. The number of carbonyl (C=O) groups is 2. The van der Waals surface area contributed by atoms with E-state index in [9.17, 15) is 9.59 Å². The Kier molecular flexibility index (Phi) is 5.92. The van der Waals surface area contributed by atoms with Crippen LogP contribution in [0.4, 0.5) is 4.79 Å². The summed E-state index contributed by atoms with van der Waals surface area (Å²) >= 11 is 1.51. The van der Waals surface area contributed by atoms with Gasteiger partial charge < -0.3 is 24.2 Å². The van der Waals surface area contributed by atoms with Gasteiger partial charge in [-0.2, -0.15) is 0 Å². The normalized spacial score (nSPS) is 16.8. The molecule has 2 heterocycles. The molecule has 8 nitrogen and oxygen atoms in total. The maximum atomic E-state index is 12.0. The van der Waals surface area contributed by atoms with Gasteiger partial charge in [-0.15, -0.1) is 11.3 Å². The number of esters is 1. The van der Waals surface area contributed by atoms with Crippen LogP contribution in [0, 0.1) is 6.92 Å². The van der Waals surface area contributed by atoms with Gasteiger partial charge in [0.1, 0.15) is 23.5 Å². The molecule has 1 aliphatic heterocycles. The van der Waals surface area contributed by atoms with Gasteiger partial charge in [0.05, 0.1) is 25.8 Å². The molecule has 0 bridgehead atoms. The number of ether oxygens (including phenoxy) is 3. The lowest BCUT2D eigenvalue weighted by Crippen LogP contribution is -2.47. The van der Waals surface area contributed by atoms with Gasteiger partial charge in [-0.05, 0) is 25.1 Å². The Morgan fingerprint density at radius 3 is 2.89 bits per heavy atom. The minimum atomic E-state index is -0.975. The average molecular weight is 392 g/mol. The zero-order chi connectivity index (χ0) is 19.4. The highest BCUT2D eigenvalue weighted by atomic mass is 32.1. The first-order valence-corrected chi connectivity index (χ1v) is 9.16. The number of benzene rings is 1. The van der Waals surface area contributed by atoms with Gasteiger partial charge in [-0.1, -0.05) is 0 Å². The van der Waals surface area contributed by atoms with Crippen LogP contribution >= 0.6 is 11.3 Å². The summed E-state index contributed by atoms with van der Waals surface area (Å²) in [4.78, 5) is 29.8. The maximum Gasteiger partial charge on any atom is 0.407 e. The highest BCUT2D eigenvalue weighted by Crippen LogP contribution is 2.30. The van der Waals surface area contributed by atoms with E-state index in [2.05, 4.69) is 4.98 Å². The van der Waals surface area contributed by atoms with Gasteiger partial charge in [0.15, 0.2) is 0 Å². The molecule has 1 atom stereocenters. The first-order chi connectivity index (χ1) is 13.0. The Labute approximate surface area is 160 Å². The molecule has 1 saturated heterocycles. The molecule has 3 rings (SSSR count). The van der Waals surface area contributed by atoms with Crippen LogP contribution in [0.1, 0.15) is 15.2 Å². The van der Waals surface area contributed by atoms with Crippen molar-refractivity contribution < 1.29 is 28.9 Å². The molecule has 0 aliphatic carbocycles. The highest BCUT2D eigenvalue weighted by Gasteiger charge is 2.24. The van der Waals surface area contributed by atoms with E-state index in [1.54, 1.807) is 24.4 Å². The fourth-order valence-corrected chi connectivity index (χ4v) is 3.46. The summed E-state index contributed by atoms with van der Waals surface area (Å²) in [6.45, 7) is 3.04. The van der Waals surface area contributed by atoms with Crippen LogP contribution in [0.15, 0.2) is 24.4 Å². The molecule has 1 amide bonds. The van der Waals surface area contributed by atoms with E-state index < -0.39 is 12.1 Å². The second-order valence-corrected chi connectivity index (χ2v) is 7.28. The third kappa shape index (κ3) is 4.75. The van der Waals surface area contributed by atoms with Crippen LogP contribution in [0.5, 0.6) is 5.75 Å². The van der Waals surface area contributed by atoms with E-state index in [0.717, 1.165) is 15.4 Å². The maximum absolute atomic E-state index is 12.0. The predicted molar refractivity (Wildman–Crippen MR) is 98.5 cm³/mol. The minimum absolute atomic E-state index is 0.171. The van der Waals surface area contributed by atoms with Gasteiger partial charge in [0, 0.05) is 23.2 Å². The first kappa shape index (κ1) is 19.1. The summed E-state index contributed by atoms with van der Waals surface area (Å²) in [6, 6.07) is 5.09. The van der Waals surface area contributed by atoms with Crippen molar-refractivity contribution in [3.63, 3.8) is 0 Å². The molecule has 1 aromatic carbocycles. The summed E-state index contributed by atoms with van der Waals surface area (Å²) < 4.78 is 16.2. The fraction of sp³-hybridized carbons (Fsp3) is 0.389.